The first-order valence-corrected chi connectivity index (χ1v) is 10.9. The van der Waals surface area contributed by atoms with Crippen molar-refractivity contribution in [2.24, 2.45) is 5.92 Å². The van der Waals surface area contributed by atoms with Crippen LogP contribution in [0.1, 0.15) is 31.4 Å². The zero-order valence-corrected chi connectivity index (χ0v) is 17.7. The topological polar surface area (TPSA) is 97.0 Å². The van der Waals surface area contributed by atoms with Crippen molar-refractivity contribution < 1.29 is 9.50 Å². The van der Waals surface area contributed by atoms with E-state index in [1.807, 2.05) is 6.07 Å². The van der Waals surface area contributed by atoms with Gasteiger partial charge in [0.2, 0.25) is 0 Å². The summed E-state index contributed by atoms with van der Waals surface area (Å²) >= 11 is 2.65. The van der Waals surface area contributed by atoms with Gasteiger partial charge in [0.1, 0.15) is 10.5 Å². The van der Waals surface area contributed by atoms with Crippen molar-refractivity contribution in [3.63, 3.8) is 0 Å². The number of nitrogens with one attached hydrogen (secondary N) is 1. The van der Waals surface area contributed by atoms with Gasteiger partial charge in [-0.05, 0) is 30.4 Å². The molecule has 2 heterocycles. The molecule has 9 heteroatoms. The number of nitrogens with zero attached hydrogens (tertiary/aromatic N) is 3. The van der Waals surface area contributed by atoms with Crippen LogP contribution in [-0.2, 0) is 5.75 Å². The molecule has 0 amide bonds. The lowest BCUT2D eigenvalue weighted by molar-refractivity contribution is 0.259. The summed E-state index contributed by atoms with van der Waals surface area (Å²) in [6.45, 7) is 5.94. The molecule has 1 atom stereocenters. The van der Waals surface area contributed by atoms with E-state index in [1.165, 1.54) is 23.1 Å². The summed E-state index contributed by atoms with van der Waals surface area (Å²) < 4.78 is 15.0. The molecule has 4 N–H and O–H groups in total. The van der Waals surface area contributed by atoms with Crippen molar-refractivity contribution in [1.82, 2.24) is 15.0 Å². The molecular formula is C19H24FN5OS2. The number of aliphatic hydroxyl groups excluding tert-OH is 1. The van der Waals surface area contributed by atoms with Crippen molar-refractivity contribution >= 4 is 44.4 Å². The number of hydrogen-bond acceptors (Lipinski definition) is 8. The van der Waals surface area contributed by atoms with Gasteiger partial charge >= 0.3 is 0 Å². The van der Waals surface area contributed by atoms with Crippen molar-refractivity contribution in [3.8, 4) is 0 Å². The van der Waals surface area contributed by atoms with E-state index in [-0.39, 0.29) is 18.5 Å². The first kappa shape index (κ1) is 20.8. The number of hydrogen-bond donors (Lipinski definition) is 3. The van der Waals surface area contributed by atoms with Gasteiger partial charge in [0.15, 0.2) is 21.8 Å². The number of nitrogens with two attached hydrogens (primary N) is 1. The Hall–Kier alpha value is -1.97. The van der Waals surface area contributed by atoms with Crippen molar-refractivity contribution in [2.45, 2.75) is 44.1 Å². The molecule has 6 nitrogen and oxygen atoms in total. The number of halogens is 1. The standard InChI is InChI=1S/C19H24FN5OS2/c1-10(2)7-13(8-26)22-16-15-17(23-18(21)28-15)25-19(24-16)27-9-12-6-4-5-11(3)14(12)20/h4-6,10,13,26H,7-9H2,1-3H3,(H3,21,22,23,24,25). The fourth-order valence-corrected chi connectivity index (χ4v) is 4.43. The number of nitrogen functional groups attached to an aromatic ring is 1. The normalized spacial score (nSPS) is 12.6. The third-order valence-corrected chi connectivity index (χ3v) is 5.97. The van der Waals surface area contributed by atoms with Gasteiger partial charge in [-0.2, -0.15) is 0 Å². The van der Waals surface area contributed by atoms with Gasteiger partial charge in [-0.15, -0.1) is 0 Å². The number of aromatic nitrogens is 3. The smallest absolute Gasteiger partial charge is 0.191 e. The minimum atomic E-state index is -0.204. The fourth-order valence-electron chi connectivity index (χ4n) is 2.89. The number of aliphatic hydroxyl groups is 1. The Kier molecular flexibility index (Phi) is 6.69. The number of thioether (sulfide) groups is 1. The number of anilines is 2. The van der Waals surface area contributed by atoms with Crippen molar-refractivity contribution in [1.29, 1.82) is 0 Å². The molecule has 0 aliphatic carbocycles. The number of fused-ring (bicyclic) bond motifs is 1. The predicted octanol–water partition coefficient (Wildman–Crippen LogP) is 4.23. The molecule has 150 valence electrons. The summed E-state index contributed by atoms with van der Waals surface area (Å²) in [5.74, 6) is 1.23. The highest BCUT2D eigenvalue weighted by molar-refractivity contribution is 7.98. The monoisotopic (exact) mass is 421 g/mol. The molecular weight excluding hydrogens is 397 g/mol. The molecule has 0 fully saturated rings. The maximum absolute atomic E-state index is 14.3. The predicted molar refractivity (Wildman–Crippen MR) is 114 cm³/mol. The SMILES string of the molecule is Cc1cccc(CSc2nc(NC(CO)CC(C)C)c3sc(N)nc3n2)c1F. The van der Waals surface area contributed by atoms with E-state index in [0.29, 0.717) is 44.6 Å². The van der Waals surface area contributed by atoms with Gasteiger partial charge in [-0.25, -0.2) is 19.3 Å². The average Bonchev–Trinajstić information content (AvgIpc) is 3.02. The Morgan fingerprint density at radius 1 is 1.29 bits per heavy atom. The fraction of sp³-hybridized carbons (Fsp3) is 0.421. The summed E-state index contributed by atoms with van der Waals surface area (Å²) in [5, 5.41) is 13.9. The largest absolute Gasteiger partial charge is 0.394 e. The molecule has 0 radical (unpaired) electrons. The summed E-state index contributed by atoms with van der Waals surface area (Å²) in [6, 6.07) is 5.21. The van der Waals surface area contributed by atoms with Gasteiger partial charge in [0.05, 0.1) is 12.6 Å². The Morgan fingerprint density at radius 3 is 2.79 bits per heavy atom. The van der Waals surface area contributed by atoms with E-state index in [9.17, 15) is 9.50 Å². The van der Waals surface area contributed by atoms with Crippen LogP contribution in [0.2, 0.25) is 0 Å². The molecule has 1 unspecified atom stereocenters. The summed E-state index contributed by atoms with van der Waals surface area (Å²) in [4.78, 5) is 13.3. The lowest BCUT2D eigenvalue weighted by Crippen LogP contribution is -2.26. The molecule has 3 rings (SSSR count). The van der Waals surface area contributed by atoms with E-state index in [2.05, 4.69) is 34.1 Å². The third-order valence-electron chi connectivity index (χ3n) is 4.20. The minimum Gasteiger partial charge on any atom is -0.394 e. The van der Waals surface area contributed by atoms with Crippen LogP contribution in [0.3, 0.4) is 0 Å². The van der Waals surface area contributed by atoms with Crippen molar-refractivity contribution in [2.75, 3.05) is 17.7 Å². The molecule has 0 saturated carbocycles. The van der Waals surface area contributed by atoms with Gasteiger partial charge < -0.3 is 16.2 Å². The number of thiazole rings is 1. The second kappa shape index (κ2) is 9.02. The van der Waals surface area contributed by atoms with E-state index in [4.69, 9.17) is 5.73 Å². The maximum atomic E-state index is 14.3. The minimum absolute atomic E-state index is 0.00502. The Labute approximate surface area is 171 Å². The van der Waals surface area contributed by atoms with Crippen LogP contribution >= 0.6 is 23.1 Å². The van der Waals surface area contributed by atoms with E-state index < -0.39 is 0 Å². The molecule has 28 heavy (non-hydrogen) atoms. The van der Waals surface area contributed by atoms with E-state index in [1.54, 1.807) is 19.1 Å². The van der Waals surface area contributed by atoms with Gasteiger partial charge in [0.25, 0.3) is 0 Å². The molecule has 2 aromatic heterocycles. The van der Waals surface area contributed by atoms with Crippen LogP contribution in [0, 0.1) is 18.7 Å². The highest BCUT2D eigenvalue weighted by atomic mass is 32.2. The van der Waals surface area contributed by atoms with Crippen LogP contribution in [0.5, 0.6) is 0 Å². The quantitative estimate of drug-likeness (QED) is 0.370. The van der Waals surface area contributed by atoms with Crippen LogP contribution in [0.15, 0.2) is 23.4 Å². The van der Waals surface area contributed by atoms with Gasteiger partial charge in [0, 0.05) is 5.75 Å². The molecule has 3 aromatic rings. The molecule has 0 aliphatic heterocycles. The summed E-state index contributed by atoms with van der Waals surface area (Å²) in [7, 11) is 0. The lowest BCUT2D eigenvalue weighted by atomic mass is 10.0. The van der Waals surface area contributed by atoms with E-state index >= 15 is 0 Å². The number of benzene rings is 1. The first-order chi connectivity index (χ1) is 13.4. The maximum Gasteiger partial charge on any atom is 0.191 e. The Bertz CT molecular complexity index is 963. The number of aryl methyl sites for hydroxylation is 1. The molecule has 0 saturated heterocycles. The molecule has 0 bridgehead atoms. The third kappa shape index (κ3) is 4.89. The molecule has 0 aliphatic rings. The van der Waals surface area contributed by atoms with Crippen molar-refractivity contribution in [3.05, 3.63) is 35.1 Å². The number of rotatable bonds is 8. The second-order valence-corrected chi connectivity index (χ2v) is 9.02. The summed E-state index contributed by atoms with van der Waals surface area (Å²) in [6.07, 6.45) is 0.799. The highest BCUT2D eigenvalue weighted by Crippen LogP contribution is 2.32. The Balaban J connectivity index is 1.87. The van der Waals surface area contributed by atoms with Crippen LogP contribution in [0.25, 0.3) is 10.3 Å². The zero-order valence-electron chi connectivity index (χ0n) is 16.1. The summed E-state index contributed by atoms with van der Waals surface area (Å²) in [5.41, 5.74) is 7.59. The Morgan fingerprint density at radius 2 is 2.07 bits per heavy atom. The van der Waals surface area contributed by atoms with Crippen LogP contribution < -0.4 is 11.1 Å². The highest BCUT2D eigenvalue weighted by Gasteiger charge is 2.17. The van der Waals surface area contributed by atoms with Gasteiger partial charge in [-0.3, -0.25) is 0 Å². The zero-order chi connectivity index (χ0) is 20.3. The molecule has 0 spiro atoms. The van der Waals surface area contributed by atoms with E-state index in [0.717, 1.165) is 11.1 Å². The van der Waals surface area contributed by atoms with Crippen LogP contribution in [0.4, 0.5) is 15.3 Å². The van der Waals surface area contributed by atoms with Gasteiger partial charge in [-0.1, -0.05) is 55.1 Å². The average molecular weight is 422 g/mol. The molecule has 1 aromatic carbocycles. The second-order valence-electron chi connectivity index (χ2n) is 7.05. The lowest BCUT2D eigenvalue weighted by Gasteiger charge is -2.19. The van der Waals surface area contributed by atoms with Crippen LogP contribution in [-0.4, -0.2) is 32.7 Å². The first-order valence-electron chi connectivity index (χ1n) is 9.05.